The van der Waals surface area contributed by atoms with Crippen molar-refractivity contribution in [3.8, 4) is 22.7 Å². The van der Waals surface area contributed by atoms with Gasteiger partial charge in [0.25, 0.3) is 5.91 Å². The topological polar surface area (TPSA) is 56.6 Å². The molecule has 6 nitrogen and oxygen atoms in total. The molecule has 9 heteroatoms. The lowest BCUT2D eigenvalue weighted by Crippen LogP contribution is -2.35. The van der Waals surface area contributed by atoms with Gasteiger partial charge in [0.05, 0.1) is 28.9 Å². The molecule has 3 heterocycles. The Hall–Kier alpha value is -3.79. The molecule has 0 spiro atoms. The number of carbonyl (C=O) groups is 1. The number of thiocarbonyl (C=S) groups is 1. The normalized spacial score (nSPS) is 18.2. The maximum absolute atomic E-state index is 14.0. The van der Waals surface area contributed by atoms with E-state index in [1.165, 1.54) is 17.8 Å². The van der Waals surface area contributed by atoms with E-state index in [4.69, 9.17) is 26.8 Å². The molecule has 202 valence electrons. The van der Waals surface area contributed by atoms with E-state index in [9.17, 15) is 9.18 Å². The van der Waals surface area contributed by atoms with Gasteiger partial charge < -0.3 is 9.47 Å². The fourth-order valence-electron chi connectivity index (χ4n) is 4.71. The fourth-order valence-corrected chi connectivity index (χ4v) is 5.97. The van der Waals surface area contributed by atoms with Gasteiger partial charge >= 0.3 is 0 Å². The van der Waals surface area contributed by atoms with Crippen LogP contribution in [0.15, 0.2) is 90.0 Å². The zero-order valence-corrected chi connectivity index (χ0v) is 23.2. The lowest BCUT2D eigenvalue weighted by Gasteiger charge is -2.18. The largest absolute Gasteiger partial charge is 0.489 e. The molecule has 2 fully saturated rings. The zero-order chi connectivity index (χ0) is 27.5. The van der Waals surface area contributed by atoms with Gasteiger partial charge in [-0.1, -0.05) is 60.4 Å². The highest BCUT2D eigenvalue weighted by atomic mass is 32.2. The summed E-state index contributed by atoms with van der Waals surface area (Å²) < 4.78 is 27.9. The van der Waals surface area contributed by atoms with E-state index < -0.39 is 0 Å². The van der Waals surface area contributed by atoms with E-state index in [2.05, 4.69) is 0 Å². The molecular weight excluding hydrogens is 545 g/mol. The first-order valence-corrected chi connectivity index (χ1v) is 14.3. The summed E-state index contributed by atoms with van der Waals surface area (Å²) in [6, 6.07) is 23.9. The molecule has 1 aromatic heterocycles. The minimum Gasteiger partial charge on any atom is -0.489 e. The summed E-state index contributed by atoms with van der Waals surface area (Å²) in [5.74, 6) is 0.211. The number of benzene rings is 3. The minimum atomic E-state index is -0.295. The number of hydrogen-bond donors (Lipinski definition) is 0. The van der Waals surface area contributed by atoms with Crippen LogP contribution in [0.2, 0.25) is 0 Å². The van der Waals surface area contributed by atoms with Crippen molar-refractivity contribution in [1.29, 1.82) is 0 Å². The Morgan fingerprint density at radius 2 is 1.85 bits per heavy atom. The molecule has 2 aliphatic rings. The highest BCUT2D eigenvalue weighted by molar-refractivity contribution is 8.26. The van der Waals surface area contributed by atoms with Crippen LogP contribution in [0.4, 0.5) is 4.39 Å². The molecule has 4 aromatic rings. The van der Waals surface area contributed by atoms with Crippen molar-refractivity contribution < 1.29 is 18.7 Å². The molecule has 2 saturated heterocycles. The Kier molecular flexibility index (Phi) is 7.77. The molecule has 1 atom stereocenters. The van der Waals surface area contributed by atoms with Gasteiger partial charge in [-0.3, -0.25) is 9.69 Å². The number of thioether (sulfide) groups is 1. The van der Waals surface area contributed by atoms with Gasteiger partial charge in [-0.15, -0.1) is 0 Å². The summed E-state index contributed by atoms with van der Waals surface area (Å²) in [4.78, 5) is 15.5. The SMILES string of the molecule is O=C1/C(=C/c2cn(-c3ccccc3)nc2-c2ccc(OCc3ccccc3F)cc2)SC(=S)N1CC1CCCO1. The summed E-state index contributed by atoms with van der Waals surface area (Å²) in [5.41, 5.74) is 3.76. The first kappa shape index (κ1) is 26.4. The van der Waals surface area contributed by atoms with Crippen LogP contribution in [0.5, 0.6) is 5.75 Å². The fraction of sp³-hybridized carbons (Fsp3) is 0.194. The van der Waals surface area contributed by atoms with Crippen molar-refractivity contribution in [2.45, 2.75) is 25.6 Å². The van der Waals surface area contributed by atoms with Crippen molar-refractivity contribution in [1.82, 2.24) is 14.7 Å². The van der Waals surface area contributed by atoms with Gasteiger partial charge in [-0.05, 0) is 61.4 Å². The molecule has 3 aromatic carbocycles. The van der Waals surface area contributed by atoms with Gasteiger partial charge in [-0.2, -0.15) is 5.10 Å². The molecule has 1 unspecified atom stereocenters. The molecule has 0 saturated carbocycles. The van der Waals surface area contributed by atoms with E-state index in [-0.39, 0.29) is 24.4 Å². The van der Waals surface area contributed by atoms with Gasteiger partial charge in [0.1, 0.15) is 22.5 Å². The van der Waals surface area contributed by atoms with Crippen LogP contribution in [0, 0.1) is 5.82 Å². The molecule has 0 aliphatic carbocycles. The van der Waals surface area contributed by atoms with Gasteiger partial charge in [0, 0.05) is 29.5 Å². The van der Waals surface area contributed by atoms with E-state index in [1.54, 1.807) is 27.8 Å². The van der Waals surface area contributed by atoms with E-state index in [0.717, 1.165) is 36.3 Å². The van der Waals surface area contributed by atoms with Crippen LogP contribution < -0.4 is 4.74 Å². The average Bonchev–Trinajstić information content (AvgIpc) is 3.71. The Labute approximate surface area is 241 Å². The Morgan fingerprint density at radius 3 is 2.60 bits per heavy atom. The number of amides is 1. The van der Waals surface area contributed by atoms with E-state index in [0.29, 0.717) is 32.8 Å². The van der Waals surface area contributed by atoms with Crippen molar-refractivity contribution in [3.63, 3.8) is 0 Å². The van der Waals surface area contributed by atoms with Crippen LogP contribution >= 0.6 is 24.0 Å². The predicted molar refractivity (Wildman–Crippen MR) is 159 cm³/mol. The van der Waals surface area contributed by atoms with Crippen molar-refractivity contribution >= 4 is 40.3 Å². The average molecular weight is 572 g/mol. The highest BCUT2D eigenvalue weighted by Crippen LogP contribution is 2.36. The third kappa shape index (κ3) is 5.72. The number of ether oxygens (including phenoxy) is 2. The van der Waals surface area contributed by atoms with E-state index in [1.807, 2.05) is 66.9 Å². The van der Waals surface area contributed by atoms with Gasteiger partial charge in [-0.25, -0.2) is 9.07 Å². The minimum absolute atomic E-state index is 0.0253. The zero-order valence-electron chi connectivity index (χ0n) is 21.5. The van der Waals surface area contributed by atoms with Crippen LogP contribution in [0.25, 0.3) is 23.0 Å². The predicted octanol–water partition coefficient (Wildman–Crippen LogP) is 6.64. The molecule has 0 bridgehead atoms. The lowest BCUT2D eigenvalue weighted by molar-refractivity contribution is -0.123. The second-order valence-electron chi connectivity index (χ2n) is 9.54. The molecule has 0 N–H and O–H groups in total. The van der Waals surface area contributed by atoms with E-state index >= 15 is 0 Å². The summed E-state index contributed by atoms with van der Waals surface area (Å²) in [6.07, 6.45) is 5.74. The maximum atomic E-state index is 14.0. The second kappa shape index (κ2) is 11.8. The summed E-state index contributed by atoms with van der Waals surface area (Å²) in [6.45, 7) is 1.34. The molecule has 1 amide bonds. The van der Waals surface area contributed by atoms with Crippen LogP contribution in [0.3, 0.4) is 0 Å². The van der Waals surface area contributed by atoms with Crippen molar-refractivity contribution in [3.05, 3.63) is 107 Å². The first-order valence-electron chi connectivity index (χ1n) is 13.0. The van der Waals surface area contributed by atoms with Crippen LogP contribution in [-0.4, -0.2) is 44.2 Å². The third-order valence-electron chi connectivity index (χ3n) is 6.81. The molecular formula is C31H26FN3O3S2. The number of nitrogens with zero attached hydrogens (tertiary/aromatic N) is 3. The van der Waals surface area contributed by atoms with Gasteiger partial charge in [0.15, 0.2) is 0 Å². The van der Waals surface area contributed by atoms with Crippen molar-refractivity contribution in [2.75, 3.05) is 13.2 Å². The summed E-state index contributed by atoms with van der Waals surface area (Å²) >= 11 is 6.85. The number of rotatable bonds is 8. The molecule has 0 radical (unpaired) electrons. The number of para-hydroxylation sites is 1. The third-order valence-corrected chi connectivity index (χ3v) is 8.19. The summed E-state index contributed by atoms with van der Waals surface area (Å²) in [5, 5.41) is 4.87. The number of aromatic nitrogens is 2. The number of carbonyl (C=O) groups excluding carboxylic acids is 1. The molecule has 40 heavy (non-hydrogen) atoms. The molecule has 2 aliphatic heterocycles. The van der Waals surface area contributed by atoms with Crippen molar-refractivity contribution in [2.24, 2.45) is 0 Å². The quantitative estimate of drug-likeness (QED) is 0.175. The number of halogens is 1. The molecule has 6 rings (SSSR count). The standard InChI is InChI=1S/C31H26FN3O3S2/c32-27-11-5-4-7-22(27)20-38-25-14-12-21(13-15-25)29-23(18-35(33-29)24-8-2-1-3-9-24)17-28-30(36)34(31(39)40-28)19-26-10-6-16-37-26/h1-5,7-9,11-15,17-18,26H,6,10,16,19-20H2/b28-17-. The monoisotopic (exact) mass is 571 g/mol. The summed E-state index contributed by atoms with van der Waals surface area (Å²) in [7, 11) is 0. The van der Waals surface area contributed by atoms with Crippen LogP contribution in [-0.2, 0) is 16.1 Å². The Morgan fingerprint density at radius 1 is 1.07 bits per heavy atom. The Balaban J connectivity index is 1.28. The number of hydrogen-bond acceptors (Lipinski definition) is 6. The smallest absolute Gasteiger partial charge is 0.266 e. The van der Waals surface area contributed by atoms with Crippen LogP contribution in [0.1, 0.15) is 24.0 Å². The first-order chi connectivity index (χ1) is 19.5. The second-order valence-corrected chi connectivity index (χ2v) is 11.2. The van der Waals surface area contributed by atoms with Gasteiger partial charge in [0.2, 0.25) is 0 Å². The maximum Gasteiger partial charge on any atom is 0.266 e. The Bertz CT molecular complexity index is 1560. The highest BCUT2D eigenvalue weighted by Gasteiger charge is 2.35. The lowest BCUT2D eigenvalue weighted by atomic mass is 10.1.